The van der Waals surface area contributed by atoms with Gasteiger partial charge in [-0.05, 0) is 17.7 Å². The molecule has 1 spiro atoms. The fourth-order valence-electron chi connectivity index (χ4n) is 4.26. The van der Waals surface area contributed by atoms with E-state index in [0.29, 0.717) is 38.0 Å². The van der Waals surface area contributed by atoms with E-state index in [4.69, 9.17) is 9.47 Å². The molecule has 0 aliphatic carbocycles. The molecular weight excluding hydrogens is 391 g/mol. The van der Waals surface area contributed by atoms with E-state index in [0.717, 1.165) is 5.82 Å². The number of benzene rings is 1. The molecule has 0 radical (unpaired) electrons. The average Bonchev–Trinajstić information content (AvgIpc) is 3.23. The van der Waals surface area contributed by atoms with Crippen LogP contribution in [0.2, 0.25) is 0 Å². The van der Waals surface area contributed by atoms with Gasteiger partial charge in [-0.15, -0.1) is 0 Å². The van der Waals surface area contributed by atoms with Gasteiger partial charge in [0.1, 0.15) is 11.4 Å². The SMILES string of the molecule is CNC(=O)C1Cn2ccnc2C2(CCN(C(=O)Cc3ccc(OC)c(F)c3)CC2)O1. The number of piperidine rings is 1. The van der Waals surface area contributed by atoms with Crippen molar-refractivity contribution in [3.63, 3.8) is 0 Å². The van der Waals surface area contributed by atoms with E-state index in [9.17, 15) is 14.0 Å². The van der Waals surface area contributed by atoms with Crippen molar-refractivity contribution in [1.29, 1.82) is 0 Å². The highest BCUT2D eigenvalue weighted by atomic mass is 19.1. The highest BCUT2D eigenvalue weighted by Crippen LogP contribution is 2.40. The van der Waals surface area contributed by atoms with E-state index in [1.165, 1.54) is 19.2 Å². The third-order valence-electron chi connectivity index (χ3n) is 5.89. The van der Waals surface area contributed by atoms with E-state index < -0.39 is 17.5 Å². The summed E-state index contributed by atoms with van der Waals surface area (Å²) in [6.07, 6.45) is 4.17. The van der Waals surface area contributed by atoms with Crippen LogP contribution in [0.1, 0.15) is 24.2 Å². The van der Waals surface area contributed by atoms with Gasteiger partial charge in [0.2, 0.25) is 5.91 Å². The Labute approximate surface area is 174 Å². The number of nitrogens with one attached hydrogen (secondary N) is 1. The molecule has 9 heteroatoms. The molecule has 1 N–H and O–H groups in total. The number of hydrogen-bond donors (Lipinski definition) is 1. The lowest BCUT2D eigenvalue weighted by Crippen LogP contribution is -2.54. The van der Waals surface area contributed by atoms with Crippen molar-refractivity contribution in [1.82, 2.24) is 19.8 Å². The maximum absolute atomic E-state index is 13.9. The monoisotopic (exact) mass is 416 g/mol. The number of methoxy groups -OCH3 is 1. The van der Waals surface area contributed by atoms with Crippen molar-refractivity contribution in [2.45, 2.75) is 37.5 Å². The quantitative estimate of drug-likeness (QED) is 0.811. The number of rotatable bonds is 4. The predicted molar refractivity (Wildman–Crippen MR) is 105 cm³/mol. The van der Waals surface area contributed by atoms with Crippen molar-refractivity contribution >= 4 is 11.8 Å². The Morgan fingerprint density at radius 2 is 2.13 bits per heavy atom. The first-order chi connectivity index (χ1) is 14.5. The number of ether oxygens (including phenoxy) is 2. The van der Waals surface area contributed by atoms with Gasteiger partial charge in [0.25, 0.3) is 5.91 Å². The van der Waals surface area contributed by atoms with Crippen LogP contribution in [-0.2, 0) is 32.9 Å². The summed E-state index contributed by atoms with van der Waals surface area (Å²) in [5, 5.41) is 2.64. The molecule has 0 saturated carbocycles. The Bertz CT molecular complexity index is 952. The first-order valence-corrected chi connectivity index (χ1v) is 9.97. The lowest BCUT2D eigenvalue weighted by Gasteiger charge is -2.45. The van der Waals surface area contributed by atoms with Crippen molar-refractivity contribution in [3.8, 4) is 5.75 Å². The fourth-order valence-corrected chi connectivity index (χ4v) is 4.26. The second-order valence-electron chi connectivity index (χ2n) is 7.64. The maximum Gasteiger partial charge on any atom is 0.250 e. The highest BCUT2D eigenvalue weighted by molar-refractivity contribution is 5.80. The lowest BCUT2D eigenvalue weighted by molar-refractivity contribution is -0.175. The van der Waals surface area contributed by atoms with Gasteiger partial charge in [-0.1, -0.05) is 6.07 Å². The van der Waals surface area contributed by atoms with Crippen molar-refractivity contribution in [3.05, 3.63) is 47.8 Å². The van der Waals surface area contributed by atoms with E-state index >= 15 is 0 Å². The second kappa shape index (κ2) is 8.06. The molecule has 8 nitrogen and oxygen atoms in total. The number of fused-ring (bicyclic) bond motifs is 2. The molecule has 1 atom stereocenters. The Hall–Kier alpha value is -2.94. The maximum atomic E-state index is 13.9. The molecule has 2 amide bonds. The highest BCUT2D eigenvalue weighted by Gasteiger charge is 2.47. The molecule has 30 heavy (non-hydrogen) atoms. The molecule has 4 rings (SSSR count). The minimum Gasteiger partial charge on any atom is -0.494 e. The molecule has 1 aromatic carbocycles. The minimum atomic E-state index is -0.693. The zero-order chi connectivity index (χ0) is 21.3. The van der Waals surface area contributed by atoms with Crippen LogP contribution < -0.4 is 10.1 Å². The molecule has 2 aliphatic heterocycles. The summed E-state index contributed by atoms with van der Waals surface area (Å²) in [6, 6.07) is 4.55. The molecule has 1 aromatic heterocycles. The van der Waals surface area contributed by atoms with E-state index in [1.54, 1.807) is 24.2 Å². The molecule has 1 fully saturated rings. The third kappa shape index (κ3) is 3.65. The van der Waals surface area contributed by atoms with Crippen LogP contribution in [0.3, 0.4) is 0 Å². The number of likely N-dealkylation sites (N-methyl/N-ethyl adjacent to an activating group) is 1. The molecule has 1 unspecified atom stereocenters. The molecule has 0 bridgehead atoms. The summed E-state index contributed by atoms with van der Waals surface area (Å²) in [7, 11) is 2.99. The average molecular weight is 416 g/mol. The normalized spacial score (nSPS) is 20.0. The molecular formula is C21H25FN4O4. The number of nitrogens with zero attached hydrogens (tertiary/aromatic N) is 3. The number of halogens is 1. The minimum absolute atomic E-state index is 0.0728. The topological polar surface area (TPSA) is 85.7 Å². The second-order valence-corrected chi connectivity index (χ2v) is 7.64. The number of likely N-dealkylation sites (tertiary alicyclic amines) is 1. The fraction of sp³-hybridized carbons (Fsp3) is 0.476. The van der Waals surface area contributed by atoms with Gasteiger partial charge >= 0.3 is 0 Å². The van der Waals surface area contributed by atoms with E-state index in [2.05, 4.69) is 10.3 Å². The summed E-state index contributed by atoms with van der Waals surface area (Å²) >= 11 is 0. The molecule has 1 saturated heterocycles. The first-order valence-electron chi connectivity index (χ1n) is 9.97. The number of aromatic nitrogens is 2. The van der Waals surface area contributed by atoms with Gasteiger partial charge < -0.3 is 24.3 Å². The molecule has 3 heterocycles. The Morgan fingerprint density at radius 3 is 2.80 bits per heavy atom. The van der Waals surface area contributed by atoms with Crippen molar-refractivity contribution in [2.24, 2.45) is 0 Å². The number of hydrogen-bond acceptors (Lipinski definition) is 5. The van der Waals surface area contributed by atoms with Crippen LogP contribution in [-0.4, -0.2) is 59.6 Å². The molecule has 2 aliphatic rings. The predicted octanol–water partition coefficient (Wildman–Crippen LogP) is 1.24. The number of amides is 2. The van der Waals surface area contributed by atoms with Crippen LogP contribution in [0.5, 0.6) is 5.75 Å². The van der Waals surface area contributed by atoms with Gasteiger partial charge in [0.05, 0.1) is 20.1 Å². The van der Waals surface area contributed by atoms with Crippen LogP contribution >= 0.6 is 0 Å². The summed E-state index contributed by atoms with van der Waals surface area (Å²) in [6.45, 7) is 1.37. The van der Waals surface area contributed by atoms with Crippen molar-refractivity contribution in [2.75, 3.05) is 27.2 Å². The van der Waals surface area contributed by atoms with Gasteiger partial charge in [-0.3, -0.25) is 9.59 Å². The summed E-state index contributed by atoms with van der Waals surface area (Å²) in [5.74, 6) is 0.224. The number of imidazole rings is 1. The van der Waals surface area contributed by atoms with Gasteiger partial charge in [0.15, 0.2) is 17.7 Å². The smallest absolute Gasteiger partial charge is 0.250 e. The summed E-state index contributed by atoms with van der Waals surface area (Å²) in [4.78, 5) is 31.2. The van der Waals surface area contributed by atoms with Crippen molar-refractivity contribution < 1.29 is 23.5 Å². The van der Waals surface area contributed by atoms with Crippen LogP contribution in [0.25, 0.3) is 0 Å². The number of carbonyl (C=O) groups excluding carboxylic acids is 2. The Morgan fingerprint density at radius 1 is 1.37 bits per heavy atom. The van der Waals surface area contributed by atoms with Crippen LogP contribution in [0.4, 0.5) is 4.39 Å². The van der Waals surface area contributed by atoms with Crippen LogP contribution in [0, 0.1) is 5.82 Å². The zero-order valence-corrected chi connectivity index (χ0v) is 17.1. The lowest BCUT2D eigenvalue weighted by atomic mass is 9.88. The standard InChI is InChI=1S/C21H25FN4O4/c1-23-19(28)17-13-26-10-7-24-20(26)21(30-17)5-8-25(9-6-21)18(27)12-14-3-4-16(29-2)15(22)11-14/h3-4,7,10-11,17H,5-6,8-9,12-13H2,1-2H3,(H,23,28). The zero-order valence-electron chi connectivity index (χ0n) is 17.1. The van der Waals surface area contributed by atoms with Gasteiger partial charge in [0, 0.05) is 45.4 Å². The van der Waals surface area contributed by atoms with Gasteiger partial charge in [-0.2, -0.15) is 0 Å². The third-order valence-corrected chi connectivity index (χ3v) is 5.89. The first kappa shape index (κ1) is 20.3. The Balaban J connectivity index is 1.45. The Kier molecular flexibility index (Phi) is 5.46. The number of carbonyl (C=O) groups is 2. The molecule has 160 valence electrons. The van der Waals surface area contributed by atoms with Crippen LogP contribution in [0.15, 0.2) is 30.6 Å². The van der Waals surface area contributed by atoms with E-state index in [-0.39, 0.29) is 24.0 Å². The van der Waals surface area contributed by atoms with E-state index in [1.807, 2.05) is 10.8 Å². The summed E-state index contributed by atoms with van der Waals surface area (Å²) < 4.78 is 27.0. The molecule has 2 aromatic rings. The van der Waals surface area contributed by atoms with Gasteiger partial charge in [-0.25, -0.2) is 9.37 Å². The largest absolute Gasteiger partial charge is 0.494 e. The summed E-state index contributed by atoms with van der Waals surface area (Å²) in [5.41, 5.74) is -0.0928.